The van der Waals surface area contributed by atoms with E-state index in [0.717, 1.165) is 0 Å². The summed E-state index contributed by atoms with van der Waals surface area (Å²) in [5, 5.41) is 0. The molecule has 1 aromatic carbocycles. The molecule has 0 saturated carbocycles. The van der Waals surface area contributed by atoms with Crippen molar-refractivity contribution in [1.29, 1.82) is 0 Å². The summed E-state index contributed by atoms with van der Waals surface area (Å²) in [6.07, 6.45) is 0.450. The molecule has 0 spiro atoms. The van der Waals surface area contributed by atoms with Gasteiger partial charge < -0.3 is 15.4 Å². The Morgan fingerprint density at radius 2 is 2.00 bits per heavy atom. The van der Waals surface area contributed by atoms with Gasteiger partial charge in [0.15, 0.2) is 0 Å². The van der Waals surface area contributed by atoms with Crippen molar-refractivity contribution in [3.05, 3.63) is 35.9 Å². The number of rotatable bonds is 2. The third-order valence-corrected chi connectivity index (χ3v) is 3.09. The number of benzene rings is 1. The summed E-state index contributed by atoms with van der Waals surface area (Å²) in [5.74, 6) is -0.591. The van der Waals surface area contributed by atoms with E-state index in [-0.39, 0.29) is 11.9 Å². The van der Waals surface area contributed by atoms with Crippen LogP contribution in [0, 0.1) is 0 Å². The van der Waals surface area contributed by atoms with Crippen molar-refractivity contribution >= 4 is 11.9 Å². The molecule has 1 aliphatic heterocycles. The Kier molecular flexibility index (Phi) is 3.62. The highest BCUT2D eigenvalue weighted by atomic mass is 16.5. The van der Waals surface area contributed by atoms with E-state index in [1.807, 2.05) is 6.07 Å². The standard InChI is InChI=1S/C13H16N2O3/c1-18-13(17)11-7-10(14)8-15(11)12(16)9-5-3-2-4-6-9/h2-6,10-11H,7-8,14H2,1H3. The third-order valence-electron chi connectivity index (χ3n) is 3.09. The quantitative estimate of drug-likeness (QED) is 0.769. The van der Waals surface area contributed by atoms with E-state index in [1.165, 1.54) is 12.0 Å². The molecule has 2 rings (SSSR count). The van der Waals surface area contributed by atoms with Crippen LogP contribution in [0.25, 0.3) is 0 Å². The zero-order valence-electron chi connectivity index (χ0n) is 10.2. The second-order valence-corrected chi connectivity index (χ2v) is 4.36. The van der Waals surface area contributed by atoms with E-state index in [4.69, 9.17) is 10.5 Å². The monoisotopic (exact) mass is 248 g/mol. The number of amides is 1. The maximum atomic E-state index is 12.3. The molecule has 1 aromatic rings. The molecule has 2 unspecified atom stereocenters. The Morgan fingerprint density at radius 3 is 2.61 bits per heavy atom. The van der Waals surface area contributed by atoms with Crippen molar-refractivity contribution in [3.63, 3.8) is 0 Å². The van der Waals surface area contributed by atoms with E-state index in [1.54, 1.807) is 24.3 Å². The second-order valence-electron chi connectivity index (χ2n) is 4.36. The molecule has 2 atom stereocenters. The van der Waals surface area contributed by atoms with Crippen LogP contribution < -0.4 is 5.73 Å². The van der Waals surface area contributed by atoms with E-state index in [2.05, 4.69) is 0 Å². The number of hydrogen-bond acceptors (Lipinski definition) is 4. The molecule has 1 heterocycles. The highest BCUT2D eigenvalue weighted by molar-refractivity contribution is 5.97. The largest absolute Gasteiger partial charge is 0.467 e. The lowest BCUT2D eigenvalue weighted by Gasteiger charge is -2.22. The van der Waals surface area contributed by atoms with Crippen LogP contribution in [0.5, 0.6) is 0 Å². The fourth-order valence-electron chi connectivity index (χ4n) is 2.20. The van der Waals surface area contributed by atoms with Crippen LogP contribution in [0.15, 0.2) is 30.3 Å². The van der Waals surface area contributed by atoms with Crippen molar-refractivity contribution in [2.24, 2.45) is 5.73 Å². The minimum absolute atomic E-state index is 0.179. The highest BCUT2D eigenvalue weighted by Gasteiger charge is 2.39. The SMILES string of the molecule is COC(=O)C1CC(N)CN1C(=O)c1ccccc1. The Bertz CT molecular complexity index is 447. The number of carbonyl (C=O) groups excluding carboxylic acids is 2. The average molecular weight is 248 g/mol. The minimum Gasteiger partial charge on any atom is -0.467 e. The van der Waals surface area contributed by atoms with Crippen molar-refractivity contribution < 1.29 is 14.3 Å². The molecule has 1 saturated heterocycles. The first-order valence-corrected chi connectivity index (χ1v) is 5.83. The summed E-state index contributed by atoms with van der Waals surface area (Å²) in [5.41, 5.74) is 6.38. The second kappa shape index (κ2) is 5.18. The molecule has 1 amide bonds. The first kappa shape index (κ1) is 12.6. The molecular formula is C13H16N2O3. The van der Waals surface area contributed by atoms with Gasteiger partial charge in [-0.05, 0) is 18.6 Å². The molecule has 2 N–H and O–H groups in total. The lowest BCUT2D eigenvalue weighted by Crippen LogP contribution is -2.41. The Balaban J connectivity index is 2.21. The molecule has 0 radical (unpaired) electrons. The molecule has 18 heavy (non-hydrogen) atoms. The molecular weight excluding hydrogens is 232 g/mol. The fourth-order valence-corrected chi connectivity index (χ4v) is 2.20. The van der Waals surface area contributed by atoms with Crippen molar-refractivity contribution in [2.45, 2.75) is 18.5 Å². The predicted octanol–water partition coefficient (Wildman–Crippen LogP) is 0.401. The van der Waals surface area contributed by atoms with Crippen LogP contribution in [0.3, 0.4) is 0 Å². The number of methoxy groups -OCH3 is 1. The Hall–Kier alpha value is -1.88. The van der Waals surface area contributed by atoms with Crippen molar-refractivity contribution in [2.75, 3.05) is 13.7 Å². The summed E-state index contributed by atoms with van der Waals surface area (Å²) < 4.78 is 4.71. The molecule has 5 heteroatoms. The van der Waals surface area contributed by atoms with Gasteiger partial charge in [-0.25, -0.2) is 4.79 Å². The molecule has 1 fully saturated rings. The Morgan fingerprint density at radius 1 is 1.33 bits per heavy atom. The summed E-state index contributed by atoms with van der Waals surface area (Å²) in [6.45, 7) is 0.382. The zero-order chi connectivity index (χ0) is 13.1. The molecule has 0 aliphatic carbocycles. The number of carbonyl (C=O) groups is 2. The maximum absolute atomic E-state index is 12.3. The van der Waals surface area contributed by atoms with E-state index in [9.17, 15) is 9.59 Å². The van der Waals surface area contributed by atoms with Crippen LogP contribution in [0.2, 0.25) is 0 Å². The highest BCUT2D eigenvalue weighted by Crippen LogP contribution is 2.20. The van der Waals surface area contributed by atoms with Gasteiger partial charge >= 0.3 is 5.97 Å². The van der Waals surface area contributed by atoms with Crippen LogP contribution in [-0.4, -0.2) is 42.5 Å². The predicted molar refractivity (Wildman–Crippen MR) is 65.9 cm³/mol. The van der Waals surface area contributed by atoms with Gasteiger partial charge in [-0.2, -0.15) is 0 Å². The minimum atomic E-state index is -0.572. The number of hydrogen-bond donors (Lipinski definition) is 1. The summed E-state index contributed by atoms with van der Waals surface area (Å²) >= 11 is 0. The van der Waals surface area contributed by atoms with Crippen LogP contribution in [0.1, 0.15) is 16.8 Å². The molecule has 1 aliphatic rings. The van der Waals surface area contributed by atoms with Gasteiger partial charge in [0.1, 0.15) is 6.04 Å². The molecule has 0 aromatic heterocycles. The number of nitrogens with zero attached hydrogens (tertiary/aromatic N) is 1. The van der Waals surface area contributed by atoms with E-state index < -0.39 is 12.0 Å². The number of likely N-dealkylation sites (tertiary alicyclic amines) is 1. The van der Waals surface area contributed by atoms with Gasteiger partial charge in [-0.3, -0.25) is 4.79 Å². The summed E-state index contributed by atoms with van der Waals surface area (Å²) in [7, 11) is 1.32. The van der Waals surface area contributed by atoms with E-state index in [0.29, 0.717) is 18.5 Å². The summed E-state index contributed by atoms with van der Waals surface area (Å²) in [4.78, 5) is 25.4. The zero-order valence-corrected chi connectivity index (χ0v) is 10.2. The van der Waals surface area contributed by atoms with Crippen LogP contribution >= 0.6 is 0 Å². The lowest BCUT2D eigenvalue weighted by atomic mass is 10.1. The maximum Gasteiger partial charge on any atom is 0.328 e. The van der Waals surface area contributed by atoms with E-state index >= 15 is 0 Å². The normalized spacial score (nSPS) is 22.9. The van der Waals surface area contributed by atoms with Gasteiger partial charge in [0.05, 0.1) is 7.11 Å². The molecule has 0 bridgehead atoms. The van der Waals surface area contributed by atoms with Gasteiger partial charge in [0.25, 0.3) is 5.91 Å². The summed E-state index contributed by atoms with van der Waals surface area (Å²) in [6, 6.07) is 8.11. The lowest BCUT2D eigenvalue weighted by molar-refractivity contribution is -0.145. The first-order valence-electron chi connectivity index (χ1n) is 5.83. The third kappa shape index (κ3) is 2.36. The number of ether oxygens (including phenoxy) is 1. The topological polar surface area (TPSA) is 72.6 Å². The van der Waals surface area contributed by atoms with Crippen molar-refractivity contribution in [1.82, 2.24) is 4.90 Å². The first-order chi connectivity index (χ1) is 8.63. The van der Waals surface area contributed by atoms with Crippen molar-refractivity contribution in [3.8, 4) is 0 Å². The van der Waals surface area contributed by atoms with Crippen LogP contribution in [-0.2, 0) is 9.53 Å². The van der Waals surface area contributed by atoms with Gasteiger partial charge in [-0.1, -0.05) is 18.2 Å². The van der Waals surface area contributed by atoms with Crippen LogP contribution in [0.4, 0.5) is 0 Å². The number of esters is 1. The number of nitrogens with two attached hydrogens (primary N) is 1. The van der Waals surface area contributed by atoms with Gasteiger partial charge in [0.2, 0.25) is 0 Å². The van der Waals surface area contributed by atoms with Gasteiger partial charge in [-0.15, -0.1) is 0 Å². The molecule has 5 nitrogen and oxygen atoms in total. The molecule has 96 valence electrons. The Labute approximate surface area is 106 Å². The van der Waals surface area contributed by atoms with Gasteiger partial charge in [0, 0.05) is 18.2 Å². The fraction of sp³-hybridized carbons (Fsp3) is 0.385. The smallest absolute Gasteiger partial charge is 0.328 e. The average Bonchev–Trinajstić information content (AvgIpc) is 2.80.